The third kappa shape index (κ3) is 3.35. The first-order valence-corrected chi connectivity index (χ1v) is 6.32. The van der Waals surface area contributed by atoms with Crippen LogP contribution in [-0.4, -0.2) is 18.1 Å². The highest BCUT2D eigenvalue weighted by Gasteiger charge is 2.11. The molecule has 0 unspecified atom stereocenters. The molecule has 0 aromatic heterocycles. The van der Waals surface area contributed by atoms with Crippen molar-refractivity contribution in [2.45, 2.75) is 13.0 Å². The van der Waals surface area contributed by atoms with Gasteiger partial charge in [0, 0.05) is 13.6 Å². The van der Waals surface area contributed by atoms with E-state index >= 15 is 0 Å². The molecule has 2 aromatic rings. The Balaban J connectivity index is 2.22. The number of carboxylic acid groups (broad SMARTS) is 1. The maximum atomic E-state index is 13.7. The smallest absolute Gasteiger partial charge is 0.307 e. The summed E-state index contributed by atoms with van der Waals surface area (Å²) in [6.07, 6.45) is -0.0265. The van der Waals surface area contributed by atoms with E-state index in [-0.39, 0.29) is 12.2 Å². The molecule has 0 aliphatic rings. The first kappa shape index (κ1) is 14.1. The van der Waals surface area contributed by atoms with Crippen molar-refractivity contribution in [1.82, 2.24) is 0 Å². The Labute approximate surface area is 117 Å². The van der Waals surface area contributed by atoms with Crippen LogP contribution in [0.1, 0.15) is 11.1 Å². The molecule has 0 saturated carbocycles. The van der Waals surface area contributed by atoms with Crippen LogP contribution < -0.4 is 4.90 Å². The number of nitrogens with zero attached hydrogens (tertiary/aromatic N) is 1. The van der Waals surface area contributed by atoms with Crippen molar-refractivity contribution in [2.75, 3.05) is 11.9 Å². The van der Waals surface area contributed by atoms with Crippen LogP contribution in [-0.2, 0) is 17.8 Å². The minimum Gasteiger partial charge on any atom is -0.481 e. The number of hydrogen-bond acceptors (Lipinski definition) is 2. The Morgan fingerprint density at radius 1 is 1.10 bits per heavy atom. The molecule has 2 aromatic carbocycles. The molecule has 0 radical (unpaired) electrons. The number of aliphatic carboxylic acids is 1. The molecule has 104 valence electrons. The van der Waals surface area contributed by atoms with Crippen LogP contribution in [0.4, 0.5) is 10.1 Å². The van der Waals surface area contributed by atoms with Gasteiger partial charge >= 0.3 is 5.97 Å². The van der Waals surface area contributed by atoms with Gasteiger partial charge in [0.15, 0.2) is 0 Å². The lowest BCUT2D eigenvalue weighted by Gasteiger charge is -2.21. The van der Waals surface area contributed by atoms with Crippen molar-refractivity contribution >= 4 is 11.7 Å². The Morgan fingerprint density at radius 2 is 1.70 bits per heavy atom. The topological polar surface area (TPSA) is 40.5 Å². The fraction of sp³-hybridized carbons (Fsp3) is 0.188. The molecular weight excluding hydrogens is 257 g/mol. The third-order valence-corrected chi connectivity index (χ3v) is 3.13. The van der Waals surface area contributed by atoms with E-state index in [1.54, 1.807) is 36.2 Å². The summed E-state index contributed by atoms with van der Waals surface area (Å²) in [5, 5.41) is 8.91. The number of carbonyl (C=O) groups is 1. The molecule has 3 nitrogen and oxygen atoms in total. The van der Waals surface area contributed by atoms with E-state index in [1.807, 2.05) is 18.2 Å². The number of carboxylic acids is 1. The van der Waals surface area contributed by atoms with Crippen molar-refractivity contribution in [3.63, 3.8) is 0 Å². The highest BCUT2D eigenvalue weighted by Crippen LogP contribution is 2.20. The quantitative estimate of drug-likeness (QED) is 0.910. The van der Waals surface area contributed by atoms with E-state index in [1.165, 1.54) is 6.07 Å². The Bertz CT molecular complexity index is 613. The van der Waals surface area contributed by atoms with Gasteiger partial charge in [0.05, 0.1) is 12.1 Å². The first-order chi connectivity index (χ1) is 9.58. The first-order valence-electron chi connectivity index (χ1n) is 6.32. The van der Waals surface area contributed by atoms with Crippen LogP contribution in [0.2, 0.25) is 0 Å². The van der Waals surface area contributed by atoms with Crippen molar-refractivity contribution in [3.8, 4) is 0 Å². The standard InChI is InChI=1S/C16H16FNO2/c1-18(15-9-5-4-8-14(15)17)11-13-7-3-2-6-12(13)10-16(19)20/h2-9H,10-11H2,1H3,(H,19,20). The summed E-state index contributed by atoms with van der Waals surface area (Å²) in [5.41, 5.74) is 2.14. The monoisotopic (exact) mass is 273 g/mol. The van der Waals surface area contributed by atoms with E-state index < -0.39 is 5.97 Å². The largest absolute Gasteiger partial charge is 0.481 e. The normalized spacial score (nSPS) is 10.3. The molecule has 0 atom stereocenters. The van der Waals surface area contributed by atoms with Crippen LogP contribution in [0.3, 0.4) is 0 Å². The van der Waals surface area contributed by atoms with Gasteiger partial charge in [-0.25, -0.2) is 4.39 Å². The lowest BCUT2D eigenvalue weighted by molar-refractivity contribution is -0.136. The lowest BCUT2D eigenvalue weighted by atomic mass is 10.0. The fourth-order valence-corrected chi connectivity index (χ4v) is 2.15. The predicted molar refractivity (Wildman–Crippen MR) is 76.3 cm³/mol. The van der Waals surface area contributed by atoms with Crippen LogP contribution in [0.15, 0.2) is 48.5 Å². The summed E-state index contributed by atoms with van der Waals surface area (Å²) < 4.78 is 13.7. The molecule has 4 heteroatoms. The maximum Gasteiger partial charge on any atom is 0.307 e. The summed E-state index contributed by atoms with van der Waals surface area (Å²) in [6, 6.07) is 13.9. The highest BCUT2D eigenvalue weighted by molar-refractivity contribution is 5.70. The van der Waals surface area contributed by atoms with Gasteiger partial charge in [-0.05, 0) is 23.3 Å². The average Bonchev–Trinajstić information content (AvgIpc) is 2.41. The van der Waals surface area contributed by atoms with E-state index in [0.29, 0.717) is 12.2 Å². The second kappa shape index (κ2) is 6.19. The summed E-state index contributed by atoms with van der Waals surface area (Å²) >= 11 is 0. The maximum absolute atomic E-state index is 13.7. The van der Waals surface area contributed by atoms with Crippen molar-refractivity contribution in [2.24, 2.45) is 0 Å². The highest BCUT2D eigenvalue weighted by atomic mass is 19.1. The van der Waals surface area contributed by atoms with Gasteiger partial charge < -0.3 is 10.0 Å². The number of para-hydroxylation sites is 1. The number of benzene rings is 2. The van der Waals surface area contributed by atoms with E-state index in [9.17, 15) is 9.18 Å². The van der Waals surface area contributed by atoms with E-state index in [4.69, 9.17) is 5.11 Å². The molecule has 0 aliphatic carbocycles. The van der Waals surface area contributed by atoms with Gasteiger partial charge in [0.2, 0.25) is 0 Å². The predicted octanol–water partition coefficient (Wildman–Crippen LogP) is 3.09. The molecule has 0 amide bonds. The molecule has 0 aliphatic heterocycles. The van der Waals surface area contributed by atoms with Crippen molar-refractivity contribution in [1.29, 1.82) is 0 Å². The minimum atomic E-state index is -0.869. The zero-order valence-electron chi connectivity index (χ0n) is 11.2. The molecule has 0 heterocycles. The molecule has 0 saturated heterocycles. The van der Waals surface area contributed by atoms with Gasteiger partial charge in [-0.3, -0.25) is 4.79 Å². The molecular formula is C16H16FNO2. The minimum absolute atomic E-state index is 0.0265. The Hall–Kier alpha value is -2.36. The Kier molecular flexibility index (Phi) is 4.35. The number of rotatable bonds is 5. The van der Waals surface area contributed by atoms with E-state index in [0.717, 1.165) is 11.1 Å². The second-order valence-electron chi connectivity index (χ2n) is 4.65. The van der Waals surface area contributed by atoms with Crippen LogP contribution in [0.25, 0.3) is 0 Å². The van der Waals surface area contributed by atoms with E-state index in [2.05, 4.69) is 0 Å². The Morgan fingerprint density at radius 3 is 2.35 bits per heavy atom. The number of hydrogen-bond donors (Lipinski definition) is 1. The van der Waals surface area contributed by atoms with Crippen LogP contribution in [0, 0.1) is 5.82 Å². The summed E-state index contributed by atoms with van der Waals surface area (Å²) in [6.45, 7) is 0.463. The molecule has 2 rings (SSSR count). The van der Waals surface area contributed by atoms with Gasteiger partial charge in [-0.15, -0.1) is 0 Å². The summed E-state index contributed by atoms with van der Waals surface area (Å²) in [4.78, 5) is 12.6. The number of anilines is 1. The molecule has 0 bridgehead atoms. The summed E-state index contributed by atoms with van der Waals surface area (Å²) in [5.74, 6) is -1.16. The third-order valence-electron chi connectivity index (χ3n) is 3.13. The van der Waals surface area contributed by atoms with Gasteiger partial charge in [0.1, 0.15) is 5.82 Å². The zero-order valence-corrected chi connectivity index (χ0v) is 11.2. The van der Waals surface area contributed by atoms with Gasteiger partial charge in [0.25, 0.3) is 0 Å². The fourth-order valence-electron chi connectivity index (χ4n) is 2.15. The van der Waals surface area contributed by atoms with Crippen molar-refractivity contribution in [3.05, 3.63) is 65.5 Å². The molecule has 0 fully saturated rings. The SMILES string of the molecule is CN(Cc1ccccc1CC(=O)O)c1ccccc1F. The number of halogens is 1. The molecule has 0 spiro atoms. The molecule has 1 N–H and O–H groups in total. The zero-order chi connectivity index (χ0) is 14.5. The lowest BCUT2D eigenvalue weighted by Crippen LogP contribution is -2.19. The van der Waals surface area contributed by atoms with Crippen LogP contribution in [0.5, 0.6) is 0 Å². The van der Waals surface area contributed by atoms with Gasteiger partial charge in [-0.1, -0.05) is 36.4 Å². The van der Waals surface area contributed by atoms with Crippen LogP contribution >= 0.6 is 0 Å². The average molecular weight is 273 g/mol. The van der Waals surface area contributed by atoms with Gasteiger partial charge in [-0.2, -0.15) is 0 Å². The second-order valence-corrected chi connectivity index (χ2v) is 4.65. The molecule has 20 heavy (non-hydrogen) atoms. The van der Waals surface area contributed by atoms with Crippen molar-refractivity contribution < 1.29 is 14.3 Å². The summed E-state index contributed by atoms with van der Waals surface area (Å²) in [7, 11) is 1.79.